The van der Waals surface area contributed by atoms with Crippen LogP contribution in [0.2, 0.25) is 0 Å². The predicted octanol–water partition coefficient (Wildman–Crippen LogP) is 1.50. The summed E-state index contributed by atoms with van der Waals surface area (Å²) < 4.78 is 0. The molecule has 3 rings (SSSR count). The summed E-state index contributed by atoms with van der Waals surface area (Å²) >= 11 is 0. The quantitative estimate of drug-likeness (QED) is 0.541. The SMILES string of the molecule is C1=NC2(CC2)c2ncccc21. The van der Waals surface area contributed by atoms with Gasteiger partial charge in [-0.05, 0) is 25.0 Å². The van der Waals surface area contributed by atoms with E-state index in [1.54, 1.807) is 0 Å². The van der Waals surface area contributed by atoms with Crippen LogP contribution in [0.4, 0.5) is 0 Å². The normalized spacial score (nSPS) is 22.2. The first kappa shape index (κ1) is 5.47. The maximum atomic E-state index is 4.46. The van der Waals surface area contributed by atoms with E-state index < -0.39 is 0 Å². The van der Waals surface area contributed by atoms with Gasteiger partial charge < -0.3 is 0 Å². The Balaban J connectivity index is 2.28. The minimum absolute atomic E-state index is 0.136. The second-order valence-corrected chi connectivity index (χ2v) is 3.23. The average Bonchev–Trinajstić information content (AvgIpc) is 2.72. The molecule has 2 heteroatoms. The number of aromatic nitrogens is 1. The van der Waals surface area contributed by atoms with Crippen LogP contribution in [0.3, 0.4) is 0 Å². The Kier molecular flexibility index (Phi) is 0.757. The number of nitrogens with zero attached hydrogens (tertiary/aromatic N) is 2. The molecule has 1 aromatic heterocycles. The van der Waals surface area contributed by atoms with Gasteiger partial charge in [0.25, 0.3) is 0 Å². The molecule has 0 unspecified atom stereocenters. The van der Waals surface area contributed by atoms with Gasteiger partial charge in [0, 0.05) is 18.0 Å². The van der Waals surface area contributed by atoms with Gasteiger partial charge in [0.05, 0.1) is 5.69 Å². The molecule has 0 atom stereocenters. The fourth-order valence-electron chi connectivity index (χ4n) is 1.65. The molecule has 1 aliphatic carbocycles. The molecular formula is C9H8N2. The summed E-state index contributed by atoms with van der Waals surface area (Å²) in [5, 5.41) is 0. The Hall–Kier alpha value is -1.18. The molecule has 11 heavy (non-hydrogen) atoms. The van der Waals surface area contributed by atoms with E-state index in [9.17, 15) is 0 Å². The molecule has 1 fully saturated rings. The van der Waals surface area contributed by atoms with E-state index in [0.29, 0.717) is 0 Å². The summed E-state index contributed by atoms with van der Waals surface area (Å²) in [7, 11) is 0. The van der Waals surface area contributed by atoms with Crippen LogP contribution in [0.1, 0.15) is 24.1 Å². The maximum absolute atomic E-state index is 4.46. The van der Waals surface area contributed by atoms with Crippen molar-refractivity contribution >= 4 is 6.21 Å². The fourth-order valence-corrected chi connectivity index (χ4v) is 1.65. The van der Waals surface area contributed by atoms with E-state index in [-0.39, 0.29) is 5.54 Å². The molecule has 0 N–H and O–H groups in total. The highest BCUT2D eigenvalue weighted by atomic mass is 15.0. The molecule has 2 heterocycles. The van der Waals surface area contributed by atoms with Crippen molar-refractivity contribution in [2.24, 2.45) is 4.99 Å². The smallest absolute Gasteiger partial charge is 0.103 e. The minimum Gasteiger partial charge on any atom is -0.279 e. The Labute approximate surface area is 65.0 Å². The molecule has 0 aromatic carbocycles. The van der Waals surface area contributed by atoms with Gasteiger partial charge in [0.2, 0.25) is 0 Å². The molecule has 0 radical (unpaired) electrons. The zero-order chi connectivity index (χ0) is 7.31. The number of fused-ring (bicyclic) bond motifs is 2. The fraction of sp³-hybridized carbons (Fsp3) is 0.333. The standard InChI is InChI=1S/C9H8N2/c1-2-7-6-11-9(3-4-9)8(7)10-5-1/h1-2,5-6H,3-4H2. The summed E-state index contributed by atoms with van der Waals surface area (Å²) in [6, 6.07) is 4.05. The molecule has 1 spiro atoms. The van der Waals surface area contributed by atoms with Crippen LogP contribution in [0, 0.1) is 0 Å². The Morgan fingerprint density at radius 1 is 1.36 bits per heavy atom. The predicted molar refractivity (Wildman–Crippen MR) is 42.7 cm³/mol. The van der Waals surface area contributed by atoms with Crippen molar-refractivity contribution in [2.45, 2.75) is 18.4 Å². The second-order valence-electron chi connectivity index (χ2n) is 3.23. The lowest BCUT2D eigenvalue weighted by Crippen LogP contribution is -2.01. The van der Waals surface area contributed by atoms with Crippen LogP contribution in [-0.4, -0.2) is 11.2 Å². The van der Waals surface area contributed by atoms with Crippen molar-refractivity contribution in [3.63, 3.8) is 0 Å². The maximum Gasteiger partial charge on any atom is 0.103 e. The third-order valence-corrected chi connectivity index (χ3v) is 2.45. The Morgan fingerprint density at radius 3 is 3.09 bits per heavy atom. The van der Waals surface area contributed by atoms with Gasteiger partial charge in [-0.15, -0.1) is 0 Å². The van der Waals surface area contributed by atoms with E-state index in [2.05, 4.69) is 16.0 Å². The van der Waals surface area contributed by atoms with Gasteiger partial charge >= 0.3 is 0 Å². The van der Waals surface area contributed by atoms with E-state index in [1.165, 1.54) is 24.1 Å². The first-order chi connectivity index (χ1) is 5.41. The molecule has 54 valence electrons. The summed E-state index contributed by atoms with van der Waals surface area (Å²) in [6.45, 7) is 0. The monoisotopic (exact) mass is 144 g/mol. The topological polar surface area (TPSA) is 25.2 Å². The van der Waals surface area contributed by atoms with E-state index in [4.69, 9.17) is 0 Å². The molecule has 2 nitrogen and oxygen atoms in total. The summed E-state index contributed by atoms with van der Waals surface area (Å²) in [5.41, 5.74) is 2.54. The molecule has 1 saturated carbocycles. The lowest BCUT2D eigenvalue weighted by molar-refractivity contribution is 0.732. The van der Waals surface area contributed by atoms with Gasteiger partial charge in [-0.1, -0.05) is 0 Å². The summed E-state index contributed by atoms with van der Waals surface area (Å²) in [6.07, 6.45) is 6.18. The van der Waals surface area contributed by atoms with Crippen molar-refractivity contribution in [1.82, 2.24) is 4.98 Å². The van der Waals surface area contributed by atoms with Gasteiger partial charge in [0.1, 0.15) is 5.54 Å². The van der Waals surface area contributed by atoms with Crippen LogP contribution in [-0.2, 0) is 5.54 Å². The summed E-state index contributed by atoms with van der Waals surface area (Å²) in [5.74, 6) is 0. The number of pyridine rings is 1. The largest absolute Gasteiger partial charge is 0.279 e. The van der Waals surface area contributed by atoms with E-state index >= 15 is 0 Å². The van der Waals surface area contributed by atoms with Gasteiger partial charge in [0.15, 0.2) is 0 Å². The van der Waals surface area contributed by atoms with Crippen LogP contribution in [0.5, 0.6) is 0 Å². The number of aliphatic imine (C=N–C) groups is 1. The summed E-state index contributed by atoms with van der Waals surface area (Å²) in [4.78, 5) is 8.81. The highest BCUT2D eigenvalue weighted by molar-refractivity contribution is 5.85. The Morgan fingerprint density at radius 2 is 2.27 bits per heavy atom. The van der Waals surface area contributed by atoms with E-state index in [1.807, 2.05) is 18.5 Å². The second kappa shape index (κ2) is 1.52. The van der Waals surface area contributed by atoms with Crippen molar-refractivity contribution in [2.75, 3.05) is 0 Å². The van der Waals surface area contributed by atoms with Gasteiger partial charge in [-0.25, -0.2) is 0 Å². The number of hydrogen-bond acceptors (Lipinski definition) is 2. The number of rotatable bonds is 0. The average molecular weight is 144 g/mol. The first-order valence-corrected chi connectivity index (χ1v) is 3.91. The lowest BCUT2D eigenvalue weighted by Gasteiger charge is -2.02. The Bertz CT molecular complexity index is 337. The third kappa shape index (κ3) is 0.570. The van der Waals surface area contributed by atoms with Crippen molar-refractivity contribution in [3.8, 4) is 0 Å². The van der Waals surface area contributed by atoms with Crippen LogP contribution in [0.25, 0.3) is 0 Å². The van der Waals surface area contributed by atoms with Crippen molar-refractivity contribution < 1.29 is 0 Å². The van der Waals surface area contributed by atoms with Gasteiger partial charge in [-0.2, -0.15) is 0 Å². The van der Waals surface area contributed by atoms with Crippen LogP contribution < -0.4 is 0 Å². The molecule has 1 aliphatic heterocycles. The first-order valence-electron chi connectivity index (χ1n) is 3.91. The van der Waals surface area contributed by atoms with Crippen LogP contribution >= 0.6 is 0 Å². The molecule has 1 aromatic rings. The van der Waals surface area contributed by atoms with Crippen molar-refractivity contribution in [3.05, 3.63) is 29.6 Å². The molecular weight excluding hydrogens is 136 g/mol. The third-order valence-electron chi connectivity index (χ3n) is 2.45. The highest BCUT2D eigenvalue weighted by Gasteiger charge is 2.48. The molecule has 2 aliphatic rings. The number of hydrogen-bond donors (Lipinski definition) is 0. The highest BCUT2D eigenvalue weighted by Crippen LogP contribution is 2.51. The minimum atomic E-state index is 0.136. The van der Waals surface area contributed by atoms with E-state index in [0.717, 1.165) is 0 Å². The molecule has 0 bridgehead atoms. The van der Waals surface area contributed by atoms with Gasteiger partial charge in [-0.3, -0.25) is 9.98 Å². The lowest BCUT2D eigenvalue weighted by atomic mass is 10.1. The zero-order valence-corrected chi connectivity index (χ0v) is 6.12. The zero-order valence-electron chi connectivity index (χ0n) is 6.12. The van der Waals surface area contributed by atoms with Crippen molar-refractivity contribution in [1.29, 1.82) is 0 Å². The molecule has 0 amide bonds. The molecule has 0 saturated heterocycles. The van der Waals surface area contributed by atoms with Crippen LogP contribution in [0.15, 0.2) is 23.3 Å².